The summed E-state index contributed by atoms with van der Waals surface area (Å²) in [5, 5.41) is 0. The number of nitrogens with zero attached hydrogens (tertiary/aromatic N) is 1. The van der Waals surface area contributed by atoms with Gasteiger partial charge < -0.3 is 19.6 Å². The van der Waals surface area contributed by atoms with Gasteiger partial charge in [0.05, 0.1) is 23.7 Å². The fourth-order valence-corrected chi connectivity index (χ4v) is 2.43. The molecule has 1 atom stereocenters. The summed E-state index contributed by atoms with van der Waals surface area (Å²) in [7, 11) is 0. The van der Waals surface area contributed by atoms with E-state index in [1.165, 1.54) is 0 Å². The molecular formula is C14H15N3O4. The van der Waals surface area contributed by atoms with Crippen LogP contribution in [0.15, 0.2) is 27.8 Å². The zero-order valence-electron chi connectivity index (χ0n) is 11.5. The SMILES string of the molecule is CC1CN(C(=O)c2ccc3[nH]c(=O)c(=O)[nH]c3c2)CCO1. The van der Waals surface area contributed by atoms with Crippen LogP contribution in [0.3, 0.4) is 0 Å². The minimum atomic E-state index is -0.730. The second-order valence-corrected chi connectivity index (χ2v) is 5.10. The molecule has 1 aliphatic heterocycles. The van der Waals surface area contributed by atoms with Crippen LogP contribution in [0.5, 0.6) is 0 Å². The molecule has 7 nitrogen and oxygen atoms in total. The fourth-order valence-electron chi connectivity index (χ4n) is 2.43. The van der Waals surface area contributed by atoms with Gasteiger partial charge in [-0.25, -0.2) is 0 Å². The summed E-state index contributed by atoms with van der Waals surface area (Å²) < 4.78 is 5.41. The number of carbonyl (C=O) groups is 1. The molecule has 2 aromatic rings. The maximum Gasteiger partial charge on any atom is 0.314 e. The third kappa shape index (κ3) is 2.59. The number of benzene rings is 1. The predicted molar refractivity (Wildman–Crippen MR) is 76.5 cm³/mol. The van der Waals surface area contributed by atoms with Crippen molar-refractivity contribution < 1.29 is 9.53 Å². The van der Waals surface area contributed by atoms with Crippen molar-refractivity contribution in [3.8, 4) is 0 Å². The Balaban J connectivity index is 1.97. The smallest absolute Gasteiger partial charge is 0.314 e. The molecule has 0 spiro atoms. The van der Waals surface area contributed by atoms with Crippen molar-refractivity contribution in [2.45, 2.75) is 13.0 Å². The van der Waals surface area contributed by atoms with Crippen LogP contribution in [-0.2, 0) is 4.74 Å². The first kappa shape index (κ1) is 13.6. The molecule has 110 valence electrons. The van der Waals surface area contributed by atoms with E-state index in [1.807, 2.05) is 6.92 Å². The molecule has 1 aliphatic rings. The number of ether oxygens (including phenoxy) is 1. The highest BCUT2D eigenvalue weighted by Gasteiger charge is 2.22. The Kier molecular flexibility index (Phi) is 3.34. The highest BCUT2D eigenvalue weighted by atomic mass is 16.5. The minimum Gasteiger partial charge on any atom is -0.375 e. The number of amides is 1. The maximum absolute atomic E-state index is 12.4. The average Bonchev–Trinajstić information content (AvgIpc) is 2.47. The molecule has 0 aliphatic carbocycles. The van der Waals surface area contributed by atoms with Gasteiger partial charge >= 0.3 is 11.1 Å². The monoisotopic (exact) mass is 289 g/mol. The van der Waals surface area contributed by atoms with Crippen LogP contribution in [0.25, 0.3) is 11.0 Å². The lowest BCUT2D eigenvalue weighted by atomic mass is 10.1. The Morgan fingerprint density at radius 2 is 1.95 bits per heavy atom. The summed E-state index contributed by atoms with van der Waals surface area (Å²) >= 11 is 0. The molecule has 1 aromatic carbocycles. The van der Waals surface area contributed by atoms with Crippen molar-refractivity contribution in [2.24, 2.45) is 0 Å². The van der Waals surface area contributed by atoms with Crippen LogP contribution in [0.4, 0.5) is 0 Å². The van der Waals surface area contributed by atoms with Gasteiger partial charge in [-0.2, -0.15) is 0 Å². The Bertz CT molecular complexity index is 808. The number of fused-ring (bicyclic) bond motifs is 1. The lowest BCUT2D eigenvalue weighted by Gasteiger charge is -2.31. The number of nitrogens with one attached hydrogen (secondary N) is 2. The molecule has 7 heteroatoms. The van der Waals surface area contributed by atoms with Gasteiger partial charge in [-0.05, 0) is 25.1 Å². The number of rotatable bonds is 1. The van der Waals surface area contributed by atoms with E-state index in [0.29, 0.717) is 36.3 Å². The van der Waals surface area contributed by atoms with Gasteiger partial charge in [-0.3, -0.25) is 14.4 Å². The molecule has 0 radical (unpaired) electrons. The predicted octanol–water partition coefficient (Wildman–Crippen LogP) is 0.0773. The van der Waals surface area contributed by atoms with Crippen molar-refractivity contribution >= 4 is 16.9 Å². The van der Waals surface area contributed by atoms with Crippen LogP contribution >= 0.6 is 0 Å². The molecule has 0 bridgehead atoms. The van der Waals surface area contributed by atoms with Crippen molar-refractivity contribution in [2.75, 3.05) is 19.7 Å². The van der Waals surface area contributed by atoms with Crippen molar-refractivity contribution in [1.82, 2.24) is 14.9 Å². The molecule has 3 rings (SSSR count). The van der Waals surface area contributed by atoms with E-state index in [9.17, 15) is 14.4 Å². The van der Waals surface area contributed by atoms with E-state index in [2.05, 4.69) is 9.97 Å². The molecule has 1 amide bonds. The highest BCUT2D eigenvalue weighted by Crippen LogP contribution is 2.14. The first-order valence-electron chi connectivity index (χ1n) is 6.72. The Hall–Kier alpha value is -2.41. The van der Waals surface area contributed by atoms with Gasteiger partial charge in [0, 0.05) is 18.7 Å². The van der Waals surface area contributed by atoms with E-state index in [4.69, 9.17) is 4.74 Å². The molecule has 1 saturated heterocycles. The van der Waals surface area contributed by atoms with Crippen LogP contribution in [0, 0.1) is 0 Å². The molecule has 1 unspecified atom stereocenters. The summed E-state index contributed by atoms with van der Waals surface area (Å²) in [6.07, 6.45) is 0.0133. The zero-order valence-corrected chi connectivity index (χ0v) is 11.5. The highest BCUT2D eigenvalue weighted by molar-refractivity contribution is 5.97. The number of carbonyl (C=O) groups excluding carboxylic acids is 1. The van der Waals surface area contributed by atoms with Gasteiger partial charge in [0.1, 0.15) is 0 Å². The van der Waals surface area contributed by atoms with Crippen LogP contribution < -0.4 is 11.1 Å². The lowest BCUT2D eigenvalue weighted by molar-refractivity contribution is -0.0124. The van der Waals surface area contributed by atoms with E-state index in [0.717, 1.165) is 0 Å². The zero-order chi connectivity index (χ0) is 15.0. The first-order valence-corrected chi connectivity index (χ1v) is 6.72. The normalized spacial score (nSPS) is 18.9. The maximum atomic E-state index is 12.4. The standard InChI is InChI=1S/C14H15N3O4/c1-8-7-17(4-5-21-8)14(20)9-2-3-10-11(6-9)16-13(19)12(18)15-10/h2-3,6,8H,4-5,7H2,1H3,(H,15,18)(H,16,19). The third-order valence-corrected chi connectivity index (χ3v) is 3.50. The Morgan fingerprint density at radius 1 is 1.24 bits per heavy atom. The third-order valence-electron chi connectivity index (χ3n) is 3.50. The van der Waals surface area contributed by atoms with Gasteiger partial charge in [0.2, 0.25) is 0 Å². The molecule has 21 heavy (non-hydrogen) atoms. The summed E-state index contributed by atoms with van der Waals surface area (Å²) in [4.78, 5) is 41.7. The second kappa shape index (κ2) is 5.17. The molecule has 2 N–H and O–H groups in total. The van der Waals surface area contributed by atoms with Crippen LogP contribution in [-0.4, -0.2) is 46.6 Å². The number of aromatic amines is 2. The number of hydrogen-bond donors (Lipinski definition) is 2. The van der Waals surface area contributed by atoms with Gasteiger partial charge in [0.25, 0.3) is 5.91 Å². The Labute approximate surface area is 119 Å². The summed E-state index contributed by atoms with van der Waals surface area (Å²) in [6.45, 7) is 3.52. The lowest BCUT2D eigenvalue weighted by Crippen LogP contribution is -2.44. The topological polar surface area (TPSA) is 95.3 Å². The molecular weight excluding hydrogens is 274 g/mol. The fraction of sp³-hybridized carbons (Fsp3) is 0.357. The largest absolute Gasteiger partial charge is 0.375 e. The quantitative estimate of drug-likeness (QED) is 0.727. The average molecular weight is 289 g/mol. The van der Waals surface area contributed by atoms with E-state index in [-0.39, 0.29) is 12.0 Å². The molecule has 2 heterocycles. The molecule has 1 aromatic heterocycles. The molecule has 1 fully saturated rings. The van der Waals surface area contributed by atoms with Gasteiger partial charge in [-0.15, -0.1) is 0 Å². The number of hydrogen-bond acceptors (Lipinski definition) is 4. The van der Waals surface area contributed by atoms with E-state index in [1.54, 1.807) is 23.1 Å². The first-order chi connectivity index (χ1) is 10.0. The van der Waals surface area contributed by atoms with Crippen molar-refractivity contribution in [1.29, 1.82) is 0 Å². The van der Waals surface area contributed by atoms with Crippen molar-refractivity contribution in [3.63, 3.8) is 0 Å². The summed E-state index contributed by atoms with van der Waals surface area (Å²) in [6, 6.07) is 4.83. The summed E-state index contributed by atoms with van der Waals surface area (Å²) in [5.41, 5.74) is -0.0340. The van der Waals surface area contributed by atoms with Gasteiger partial charge in [0.15, 0.2) is 0 Å². The number of H-pyrrole nitrogens is 2. The van der Waals surface area contributed by atoms with Crippen LogP contribution in [0.1, 0.15) is 17.3 Å². The second-order valence-electron chi connectivity index (χ2n) is 5.10. The van der Waals surface area contributed by atoms with Crippen molar-refractivity contribution in [3.05, 3.63) is 44.5 Å². The minimum absolute atomic E-state index is 0.0133. The molecule has 0 saturated carbocycles. The van der Waals surface area contributed by atoms with Gasteiger partial charge in [-0.1, -0.05) is 0 Å². The van der Waals surface area contributed by atoms with E-state index >= 15 is 0 Å². The number of aromatic nitrogens is 2. The Morgan fingerprint density at radius 3 is 2.67 bits per heavy atom. The van der Waals surface area contributed by atoms with Crippen LogP contribution in [0.2, 0.25) is 0 Å². The summed E-state index contributed by atoms with van der Waals surface area (Å²) in [5.74, 6) is -0.112. The van der Waals surface area contributed by atoms with E-state index < -0.39 is 11.1 Å². The number of morpholine rings is 1.